The number of nitrogens with zero attached hydrogens (tertiary/aromatic N) is 1. The number of carbonyl (C=O) groups is 1. The van der Waals surface area contributed by atoms with E-state index in [-0.39, 0.29) is 11.9 Å². The molecule has 1 heterocycles. The van der Waals surface area contributed by atoms with Crippen LogP contribution in [0.2, 0.25) is 0 Å². The third-order valence-corrected chi connectivity index (χ3v) is 3.04. The zero-order chi connectivity index (χ0) is 13.9. The lowest BCUT2D eigenvalue weighted by Gasteiger charge is -2.29. The Hall–Kier alpha value is -0.690. The highest BCUT2D eigenvalue weighted by Crippen LogP contribution is 2.00. The molecule has 1 N–H and O–H groups in total. The van der Waals surface area contributed by atoms with Gasteiger partial charge in [-0.3, -0.25) is 4.79 Å². The predicted molar refractivity (Wildman–Crippen MR) is 72.2 cm³/mol. The quantitative estimate of drug-likeness (QED) is 0.594. The van der Waals surface area contributed by atoms with Crippen molar-refractivity contribution in [3.05, 3.63) is 0 Å². The Morgan fingerprint density at radius 2 is 2.05 bits per heavy atom. The van der Waals surface area contributed by atoms with Crippen LogP contribution in [0.1, 0.15) is 13.3 Å². The van der Waals surface area contributed by atoms with E-state index < -0.39 is 0 Å². The fraction of sp³-hybridized carbons (Fsp3) is 0.923. The number of amides is 1. The van der Waals surface area contributed by atoms with E-state index in [1.807, 2.05) is 11.8 Å². The maximum Gasteiger partial charge on any atom is 0.239 e. The number of carbonyl (C=O) groups excluding carboxylic acids is 1. The Kier molecular flexibility index (Phi) is 8.73. The van der Waals surface area contributed by atoms with Gasteiger partial charge in [0.2, 0.25) is 5.91 Å². The van der Waals surface area contributed by atoms with E-state index in [2.05, 4.69) is 5.32 Å². The van der Waals surface area contributed by atoms with Gasteiger partial charge in [-0.25, -0.2) is 0 Å². The summed E-state index contributed by atoms with van der Waals surface area (Å²) in [5.41, 5.74) is 0. The zero-order valence-corrected chi connectivity index (χ0v) is 12.0. The average molecular weight is 274 g/mol. The van der Waals surface area contributed by atoms with Crippen molar-refractivity contribution in [2.75, 3.05) is 59.8 Å². The number of hydrogen-bond donors (Lipinski definition) is 1. The van der Waals surface area contributed by atoms with Gasteiger partial charge >= 0.3 is 0 Å². The van der Waals surface area contributed by atoms with Gasteiger partial charge in [0.15, 0.2) is 0 Å². The summed E-state index contributed by atoms with van der Waals surface area (Å²) in [5, 5.41) is 3.23. The molecule has 1 atom stereocenters. The van der Waals surface area contributed by atoms with Crippen molar-refractivity contribution >= 4 is 5.91 Å². The van der Waals surface area contributed by atoms with E-state index in [1.54, 1.807) is 7.11 Å². The second-order valence-corrected chi connectivity index (χ2v) is 4.57. The van der Waals surface area contributed by atoms with Gasteiger partial charge in [0, 0.05) is 26.8 Å². The molecule has 6 heteroatoms. The van der Waals surface area contributed by atoms with Gasteiger partial charge in [-0.05, 0) is 19.9 Å². The Balaban J connectivity index is 2.03. The fourth-order valence-electron chi connectivity index (χ4n) is 1.88. The van der Waals surface area contributed by atoms with E-state index in [0.717, 1.165) is 13.0 Å². The van der Waals surface area contributed by atoms with Crippen LogP contribution in [0.5, 0.6) is 0 Å². The molecule has 0 aromatic heterocycles. The molecule has 6 nitrogen and oxygen atoms in total. The first-order valence-electron chi connectivity index (χ1n) is 6.92. The summed E-state index contributed by atoms with van der Waals surface area (Å²) < 4.78 is 15.5. The van der Waals surface area contributed by atoms with Crippen molar-refractivity contribution in [2.45, 2.75) is 19.4 Å². The van der Waals surface area contributed by atoms with Crippen LogP contribution in [0.3, 0.4) is 0 Å². The lowest BCUT2D eigenvalue weighted by molar-refractivity contribution is -0.137. The third-order valence-electron chi connectivity index (χ3n) is 3.04. The molecule has 0 spiro atoms. The highest BCUT2D eigenvalue weighted by atomic mass is 16.5. The van der Waals surface area contributed by atoms with Crippen molar-refractivity contribution in [3.63, 3.8) is 0 Å². The molecular weight excluding hydrogens is 248 g/mol. The van der Waals surface area contributed by atoms with Crippen LogP contribution >= 0.6 is 0 Å². The largest absolute Gasteiger partial charge is 0.382 e. The average Bonchev–Trinajstić information content (AvgIpc) is 2.46. The second-order valence-electron chi connectivity index (χ2n) is 4.57. The molecule has 1 amide bonds. The topological polar surface area (TPSA) is 60.0 Å². The Bertz CT molecular complexity index is 245. The molecule has 1 aliphatic heterocycles. The van der Waals surface area contributed by atoms with Crippen LogP contribution in [0.4, 0.5) is 0 Å². The van der Waals surface area contributed by atoms with Gasteiger partial charge in [0.1, 0.15) is 0 Å². The monoisotopic (exact) mass is 274 g/mol. The minimum atomic E-state index is -0.142. The lowest BCUT2D eigenvalue weighted by Crippen LogP contribution is -2.49. The summed E-state index contributed by atoms with van der Waals surface area (Å²) in [7, 11) is 1.66. The van der Waals surface area contributed by atoms with Crippen LogP contribution in [-0.2, 0) is 19.0 Å². The van der Waals surface area contributed by atoms with Crippen molar-refractivity contribution in [2.24, 2.45) is 0 Å². The van der Waals surface area contributed by atoms with Gasteiger partial charge in [-0.1, -0.05) is 0 Å². The van der Waals surface area contributed by atoms with Crippen molar-refractivity contribution in [3.8, 4) is 0 Å². The summed E-state index contributed by atoms with van der Waals surface area (Å²) >= 11 is 0. The molecular formula is C13H26N2O4. The molecule has 0 saturated carbocycles. The number of morpholine rings is 1. The smallest absolute Gasteiger partial charge is 0.239 e. The number of nitrogens with one attached hydrogen (secondary N) is 1. The Morgan fingerprint density at radius 1 is 1.32 bits per heavy atom. The third kappa shape index (κ3) is 6.87. The summed E-state index contributed by atoms with van der Waals surface area (Å²) in [5.74, 6) is 0.156. The summed E-state index contributed by atoms with van der Waals surface area (Å²) in [6.45, 7) is 7.31. The van der Waals surface area contributed by atoms with E-state index in [4.69, 9.17) is 14.2 Å². The first-order chi connectivity index (χ1) is 9.25. The van der Waals surface area contributed by atoms with Gasteiger partial charge in [0.25, 0.3) is 0 Å². The fourth-order valence-corrected chi connectivity index (χ4v) is 1.88. The molecule has 112 valence electrons. The van der Waals surface area contributed by atoms with Crippen LogP contribution in [0, 0.1) is 0 Å². The molecule has 0 aliphatic carbocycles. The highest BCUT2D eigenvalue weighted by Gasteiger charge is 2.21. The van der Waals surface area contributed by atoms with Gasteiger partial charge in [0.05, 0.1) is 32.5 Å². The predicted octanol–water partition coefficient (Wildman–Crippen LogP) is -0.124. The first kappa shape index (κ1) is 16.4. The number of ether oxygens (including phenoxy) is 3. The normalized spacial score (nSPS) is 17.5. The Labute approximate surface area is 115 Å². The van der Waals surface area contributed by atoms with Crippen LogP contribution < -0.4 is 5.32 Å². The van der Waals surface area contributed by atoms with Crippen molar-refractivity contribution < 1.29 is 19.0 Å². The number of rotatable bonds is 9. The van der Waals surface area contributed by atoms with E-state index >= 15 is 0 Å². The molecule has 1 fully saturated rings. The number of hydrogen-bond acceptors (Lipinski definition) is 5. The molecule has 1 aliphatic rings. The molecule has 0 radical (unpaired) electrons. The summed E-state index contributed by atoms with van der Waals surface area (Å²) in [6.07, 6.45) is 0.893. The SMILES string of the molecule is COCCOCCCNC(C)C(=O)N1CCOCC1. The molecule has 0 aromatic carbocycles. The maximum atomic E-state index is 12.1. The van der Waals surface area contributed by atoms with E-state index in [9.17, 15) is 4.79 Å². The van der Waals surface area contributed by atoms with Crippen LogP contribution in [0.15, 0.2) is 0 Å². The van der Waals surface area contributed by atoms with Crippen LogP contribution in [-0.4, -0.2) is 76.6 Å². The van der Waals surface area contributed by atoms with Gasteiger partial charge in [-0.2, -0.15) is 0 Å². The molecule has 1 saturated heterocycles. The second kappa shape index (κ2) is 10.1. The Morgan fingerprint density at radius 3 is 2.74 bits per heavy atom. The molecule has 19 heavy (non-hydrogen) atoms. The van der Waals surface area contributed by atoms with Crippen molar-refractivity contribution in [1.29, 1.82) is 0 Å². The minimum Gasteiger partial charge on any atom is -0.382 e. The summed E-state index contributed by atoms with van der Waals surface area (Å²) in [4.78, 5) is 13.9. The van der Waals surface area contributed by atoms with E-state index in [1.165, 1.54) is 0 Å². The molecule has 1 unspecified atom stereocenters. The maximum absolute atomic E-state index is 12.1. The summed E-state index contributed by atoms with van der Waals surface area (Å²) in [6, 6.07) is -0.142. The minimum absolute atomic E-state index is 0.142. The molecule has 0 bridgehead atoms. The molecule has 1 rings (SSSR count). The lowest BCUT2D eigenvalue weighted by atomic mass is 10.2. The van der Waals surface area contributed by atoms with Gasteiger partial charge < -0.3 is 24.4 Å². The molecule has 0 aromatic rings. The standard InChI is InChI=1S/C13H26N2O4/c1-12(13(16)15-5-8-19-9-6-15)14-4-3-7-18-11-10-17-2/h12,14H,3-11H2,1-2H3. The van der Waals surface area contributed by atoms with Crippen LogP contribution in [0.25, 0.3) is 0 Å². The van der Waals surface area contributed by atoms with E-state index in [0.29, 0.717) is 46.1 Å². The highest BCUT2D eigenvalue weighted by molar-refractivity contribution is 5.81. The van der Waals surface area contributed by atoms with Gasteiger partial charge in [-0.15, -0.1) is 0 Å². The van der Waals surface area contributed by atoms with Crippen molar-refractivity contribution in [1.82, 2.24) is 10.2 Å². The number of methoxy groups -OCH3 is 1. The first-order valence-corrected chi connectivity index (χ1v) is 6.92. The zero-order valence-electron chi connectivity index (χ0n) is 12.0.